The standard InChI is InChI=1S/C12H13N5O3S/c1-6-7(2)21-12(14-6)15-11(18)9-5-8(16-13)3-4-10(9)17(19)20/h3-5,16H,13H2,1-2H3,(H,14,15,18). The Balaban J connectivity index is 2.35. The number of nitrogen functional groups attached to an aromatic ring is 1. The van der Waals surface area contributed by atoms with Crippen molar-refractivity contribution in [1.82, 2.24) is 4.98 Å². The van der Waals surface area contributed by atoms with Crippen molar-refractivity contribution in [3.05, 3.63) is 44.4 Å². The van der Waals surface area contributed by atoms with Gasteiger partial charge in [0.05, 0.1) is 10.6 Å². The summed E-state index contributed by atoms with van der Waals surface area (Å²) >= 11 is 1.31. The number of carbonyl (C=O) groups is 1. The number of anilines is 2. The molecule has 110 valence electrons. The molecule has 2 aromatic rings. The van der Waals surface area contributed by atoms with E-state index in [1.54, 1.807) is 0 Å². The number of rotatable bonds is 4. The fourth-order valence-corrected chi connectivity index (χ4v) is 2.47. The van der Waals surface area contributed by atoms with Gasteiger partial charge in [-0.05, 0) is 26.0 Å². The molecule has 1 aromatic heterocycles. The van der Waals surface area contributed by atoms with E-state index in [-0.39, 0.29) is 11.3 Å². The summed E-state index contributed by atoms with van der Waals surface area (Å²) in [6.45, 7) is 3.70. The first-order valence-electron chi connectivity index (χ1n) is 5.93. The van der Waals surface area contributed by atoms with Crippen molar-refractivity contribution in [1.29, 1.82) is 0 Å². The van der Waals surface area contributed by atoms with Gasteiger partial charge >= 0.3 is 0 Å². The maximum absolute atomic E-state index is 12.2. The molecule has 21 heavy (non-hydrogen) atoms. The molecule has 0 spiro atoms. The minimum absolute atomic E-state index is 0.0824. The van der Waals surface area contributed by atoms with E-state index in [1.807, 2.05) is 13.8 Å². The average molecular weight is 307 g/mol. The molecule has 0 saturated heterocycles. The summed E-state index contributed by atoms with van der Waals surface area (Å²) in [7, 11) is 0. The Bertz CT molecular complexity index is 693. The molecule has 0 saturated carbocycles. The van der Waals surface area contributed by atoms with Crippen molar-refractivity contribution in [2.24, 2.45) is 5.84 Å². The van der Waals surface area contributed by atoms with Crippen LogP contribution in [0.25, 0.3) is 0 Å². The highest BCUT2D eigenvalue weighted by Gasteiger charge is 2.21. The molecule has 0 aliphatic carbocycles. The third-order valence-electron chi connectivity index (χ3n) is 2.85. The minimum Gasteiger partial charge on any atom is -0.324 e. The van der Waals surface area contributed by atoms with E-state index in [9.17, 15) is 14.9 Å². The lowest BCUT2D eigenvalue weighted by molar-refractivity contribution is -0.385. The van der Waals surface area contributed by atoms with Crippen LogP contribution in [0.5, 0.6) is 0 Å². The molecule has 1 aromatic carbocycles. The molecular formula is C12H13N5O3S. The molecule has 0 unspecified atom stereocenters. The third-order valence-corrected chi connectivity index (χ3v) is 3.84. The van der Waals surface area contributed by atoms with Crippen LogP contribution in [0.3, 0.4) is 0 Å². The second-order valence-corrected chi connectivity index (χ2v) is 5.45. The number of aryl methyl sites for hydroxylation is 2. The van der Waals surface area contributed by atoms with Crippen molar-refractivity contribution >= 4 is 33.8 Å². The van der Waals surface area contributed by atoms with Crippen LogP contribution in [-0.2, 0) is 0 Å². The molecule has 2 rings (SSSR count). The fourth-order valence-electron chi connectivity index (χ4n) is 1.66. The van der Waals surface area contributed by atoms with Crippen LogP contribution in [0.4, 0.5) is 16.5 Å². The van der Waals surface area contributed by atoms with Crippen molar-refractivity contribution in [3.8, 4) is 0 Å². The number of hydrazine groups is 1. The van der Waals surface area contributed by atoms with Crippen molar-refractivity contribution < 1.29 is 9.72 Å². The smallest absolute Gasteiger partial charge is 0.282 e. The highest BCUT2D eigenvalue weighted by molar-refractivity contribution is 7.15. The van der Waals surface area contributed by atoms with Crippen LogP contribution < -0.4 is 16.6 Å². The Labute approximate surface area is 124 Å². The number of nitrogens with zero attached hydrogens (tertiary/aromatic N) is 2. The van der Waals surface area contributed by atoms with Crippen molar-refractivity contribution in [2.45, 2.75) is 13.8 Å². The maximum atomic E-state index is 12.2. The zero-order valence-corrected chi connectivity index (χ0v) is 12.2. The Kier molecular flexibility index (Phi) is 4.15. The van der Waals surface area contributed by atoms with Crippen LogP contribution in [0.1, 0.15) is 20.9 Å². The summed E-state index contributed by atoms with van der Waals surface area (Å²) in [5.74, 6) is 4.65. The molecule has 0 bridgehead atoms. The van der Waals surface area contributed by atoms with Gasteiger partial charge in [-0.25, -0.2) is 4.98 Å². The van der Waals surface area contributed by atoms with E-state index >= 15 is 0 Å². The van der Waals surface area contributed by atoms with E-state index in [2.05, 4.69) is 15.7 Å². The number of carbonyl (C=O) groups excluding carboxylic acids is 1. The molecule has 9 heteroatoms. The van der Waals surface area contributed by atoms with E-state index < -0.39 is 10.8 Å². The van der Waals surface area contributed by atoms with Gasteiger partial charge in [0.2, 0.25) is 0 Å². The molecular weight excluding hydrogens is 294 g/mol. The van der Waals surface area contributed by atoms with Crippen LogP contribution in [-0.4, -0.2) is 15.8 Å². The number of nitro groups is 1. The lowest BCUT2D eigenvalue weighted by Gasteiger charge is -2.05. The largest absolute Gasteiger partial charge is 0.324 e. The Morgan fingerprint density at radius 3 is 2.67 bits per heavy atom. The second-order valence-electron chi connectivity index (χ2n) is 4.25. The molecule has 1 amide bonds. The number of nitro benzene ring substituents is 1. The quantitative estimate of drug-likeness (QED) is 0.452. The van der Waals surface area contributed by atoms with Crippen molar-refractivity contribution in [2.75, 3.05) is 10.7 Å². The van der Waals surface area contributed by atoms with Crippen LogP contribution in [0.2, 0.25) is 0 Å². The zero-order valence-electron chi connectivity index (χ0n) is 11.3. The lowest BCUT2D eigenvalue weighted by Crippen LogP contribution is -2.15. The summed E-state index contributed by atoms with van der Waals surface area (Å²) in [6.07, 6.45) is 0. The van der Waals surface area contributed by atoms with Gasteiger partial charge in [-0.3, -0.25) is 26.1 Å². The predicted molar refractivity (Wildman–Crippen MR) is 80.4 cm³/mol. The highest BCUT2D eigenvalue weighted by Crippen LogP contribution is 2.25. The number of hydrogen-bond donors (Lipinski definition) is 3. The summed E-state index contributed by atoms with van der Waals surface area (Å²) in [5, 5.41) is 14.0. The van der Waals surface area contributed by atoms with Crippen molar-refractivity contribution in [3.63, 3.8) is 0 Å². The SMILES string of the molecule is Cc1nc(NC(=O)c2cc(NN)ccc2[N+](=O)[O-])sc1C. The van der Waals surface area contributed by atoms with E-state index in [1.165, 1.54) is 29.5 Å². The summed E-state index contributed by atoms with van der Waals surface area (Å²) in [6, 6.07) is 3.97. The lowest BCUT2D eigenvalue weighted by atomic mass is 10.1. The van der Waals surface area contributed by atoms with E-state index in [0.717, 1.165) is 10.6 Å². The molecule has 8 nitrogen and oxygen atoms in total. The van der Waals surface area contributed by atoms with Gasteiger partial charge < -0.3 is 5.43 Å². The minimum atomic E-state index is -0.617. The van der Waals surface area contributed by atoms with E-state index in [0.29, 0.717) is 10.8 Å². The van der Waals surface area contributed by atoms with Crippen LogP contribution in [0.15, 0.2) is 18.2 Å². The molecule has 0 radical (unpaired) electrons. The number of amides is 1. The number of benzene rings is 1. The normalized spacial score (nSPS) is 10.2. The molecule has 0 aliphatic heterocycles. The first-order valence-corrected chi connectivity index (χ1v) is 6.74. The second kappa shape index (κ2) is 5.85. The van der Waals surface area contributed by atoms with Crippen LogP contribution >= 0.6 is 11.3 Å². The summed E-state index contributed by atoms with van der Waals surface area (Å²) in [4.78, 5) is 27.7. The van der Waals surface area contributed by atoms with Crippen LogP contribution in [0, 0.1) is 24.0 Å². The van der Waals surface area contributed by atoms with Gasteiger partial charge in [-0.15, -0.1) is 11.3 Å². The average Bonchev–Trinajstić information content (AvgIpc) is 2.76. The number of aromatic nitrogens is 1. The number of nitrogens with one attached hydrogen (secondary N) is 2. The zero-order chi connectivity index (χ0) is 15.6. The van der Waals surface area contributed by atoms with Gasteiger partial charge in [-0.2, -0.15) is 0 Å². The molecule has 0 aliphatic rings. The predicted octanol–water partition coefficient (Wildman–Crippen LogP) is 2.21. The number of hydrogen-bond acceptors (Lipinski definition) is 7. The Hall–Kier alpha value is -2.52. The van der Waals surface area contributed by atoms with Gasteiger partial charge in [0.15, 0.2) is 5.13 Å². The topological polar surface area (TPSA) is 123 Å². The van der Waals surface area contributed by atoms with Gasteiger partial charge in [-0.1, -0.05) is 0 Å². The van der Waals surface area contributed by atoms with Gasteiger partial charge in [0, 0.05) is 16.6 Å². The number of thiazole rings is 1. The third kappa shape index (κ3) is 3.15. The first kappa shape index (κ1) is 14.9. The highest BCUT2D eigenvalue weighted by atomic mass is 32.1. The summed E-state index contributed by atoms with van der Waals surface area (Å²) < 4.78 is 0. The van der Waals surface area contributed by atoms with Gasteiger partial charge in [0.1, 0.15) is 5.56 Å². The number of nitrogens with two attached hydrogens (primary N) is 1. The molecule has 1 heterocycles. The molecule has 4 N–H and O–H groups in total. The first-order chi connectivity index (χ1) is 9.92. The van der Waals surface area contributed by atoms with E-state index in [4.69, 9.17) is 5.84 Å². The fraction of sp³-hybridized carbons (Fsp3) is 0.167. The molecule has 0 atom stereocenters. The molecule has 0 fully saturated rings. The Morgan fingerprint density at radius 1 is 1.43 bits per heavy atom. The monoisotopic (exact) mass is 307 g/mol. The van der Waals surface area contributed by atoms with Gasteiger partial charge in [0.25, 0.3) is 11.6 Å². The summed E-state index contributed by atoms with van der Waals surface area (Å²) in [5.41, 5.74) is 3.18. The maximum Gasteiger partial charge on any atom is 0.282 e. The Morgan fingerprint density at radius 2 is 2.14 bits per heavy atom.